The average molecular weight is 313 g/mol. The van der Waals surface area contributed by atoms with Gasteiger partial charge in [-0.15, -0.1) is 0 Å². The fraction of sp³-hybridized carbons (Fsp3) is 0.615. The molecule has 7 nitrogen and oxygen atoms in total. The lowest BCUT2D eigenvalue weighted by atomic mass is 10.3. The van der Waals surface area contributed by atoms with E-state index in [0.29, 0.717) is 42.1 Å². The molecule has 0 bridgehead atoms. The molecule has 1 atom stereocenters. The summed E-state index contributed by atoms with van der Waals surface area (Å²) < 4.78 is 10.3. The number of hydrogen-bond donors (Lipinski definition) is 1. The smallest absolute Gasteiger partial charge is 0.350 e. The third-order valence-electron chi connectivity index (χ3n) is 3.10. The fourth-order valence-electron chi connectivity index (χ4n) is 2.03. The van der Waals surface area contributed by atoms with E-state index >= 15 is 0 Å². The van der Waals surface area contributed by atoms with E-state index in [2.05, 4.69) is 10.3 Å². The number of urea groups is 1. The maximum absolute atomic E-state index is 12.2. The van der Waals surface area contributed by atoms with Gasteiger partial charge in [0.25, 0.3) is 0 Å². The van der Waals surface area contributed by atoms with Crippen molar-refractivity contribution in [2.45, 2.75) is 26.8 Å². The van der Waals surface area contributed by atoms with Crippen molar-refractivity contribution in [2.75, 3.05) is 31.7 Å². The number of aromatic nitrogens is 1. The first-order valence-electron chi connectivity index (χ1n) is 6.82. The molecule has 2 heterocycles. The van der Waals surface area contributed by atoms with Gasteiger partial charge in [0.2, 0.25) is 0 Å². The van der Waals surface area contributed by atoms with Gasteiger partial charge in [0.05, 0.1) is 31.6 Å². The molecule has 0 aromatic carbocycles. The standard InChI is InChI=1S/C13H19N3O4S/c1-4-20-11(17)10-9(3)14-12(21-10)15-13(18)16-5-6-19-7-8(16)2/h8H,4-7H2,1-3H3,(H,14,15,18). The Morgan fingerprint density at radius 2 is 2.33 bits per heavy atom. The number of hydrogen-bond acceptors (Lipinski definition) is 6. The molecule has 2 amide bonds. The number of thiazole rings is 1. The Balaban J connectivity index is 2.04. The number of rotatable bonds is 3. The summed E-state index contributed by atoms with van der Waals surface area (Å²) >= 11 is 1.13. The second-order valence-corrected chi connectivity index (χ2v) is 5.70. The maximum atomic E-state index is 12.2. The highest BCUT2D eigenvalue weighted by Crippen LogP contribution is 2.24. The van der Waals surface area contributed by atoms with Crippen LogP contribution in [0.1, 0.15) is 29.2 Å². The van der Waals surface area contributed by atoms with E-state index < -0.39 is 5.97 Å². The molecule has 21 heavy (non-hydrogen) atoms. The number of amides is 2. The van der Waals surface area contributed by atoms with Crippen LogP contribution in [-0.2, 0) is 9.47 Å². The lowest BCUT2D eigenvalue weighted by Gasteiger charge is -2.32. The van der Waals surface area contributed by atoms with Crippen LogP contribution in [0.5, 0.6) is 0 Å². The molecule has 0 aliphatic carbocycles. The second kappa shape index (κ2) is 6.86. The summed E-state index contributed by atoms with van der Waals surface area (Å²) in [6, 6.07) is -0.209. The van der Waals surface area contributed by atoms with Crippen molar-refractivity contribution in [3.63, 3.8) is 0 Å². The van der Waals surface area contributed by atoms with Crippen LogP contribution in [-0.4, -0.2) is 54.3 Å². The van der Waals surface area contributed by atoms with E-state index in [1.807, 2.05) is 6.92 Å². The number of carbonyl (C=O) groups is 2. The zero-order valence-electron chi connectivity index (χ0n) is 12.3. The monoisotopic (exact) mass is 313 g/mol. The number of nitrogens with one attached hydrogen (secondary N) is 1. The Bertz CT molecular complexity index is 531. The Kier molecular flexibility index (Phi) is 5.13. The number of ether oxygens (including phenoxy) is 2. The van der Waals surface area contributed by atoms with E-state index in [1.54, 1.807) is 18.7 Å². The highest BCUT2D eigenvalue weighted by molar-refractivity contribution is 7.17. The highest BCUT2D eigenvalue weighted by Gasteiger charge is 2.25. The third kappa shape index (κ3) is 3.70. The van der Waals surface area contributed by atoms with E-state index in [1.165, 1.54) is 0 Å². The molecule has 1 aliphatic heterocycles. The van der Waals surface area contributed by atoms with Gasteiger partial charge in [-0.2, -0.15) is 0 Å². The minimum absolute atomic E-state index is 0.0179. The molecule has 1 aliphatic rings. The Morgan fingerprint density at radius 3 is 3.00 bits per heavy atom. The van der Waals surface area contributed by atoms with E-state index in [4.69, 9.17) is 9.47 Å². The maximum Gasteiger partial charge on any atom is 0.350 e. The van der Waals surface area contributed by atoms with Gasteiger partial charge in [-0.1, -0.05) is 11.3 Å². The average Bonchev–Trinajstić information content (AvgIpc) is 2.80. The van der Waals surface area contributed by atoms with Crippen LogP contribution in [0.3, 0.4) is 0 Å². The van der Waals surface area contributed by atoms with Crippen LogP contribution in [0.25, 0.3) is 0 Å². The number of nitrogens with zero attached hydrogens (tertiary/aromatic N) is 2. The van der Waals surface area contributed by atoms with Gasteiger partial charge in [0.1, 0.15) is 4.88 Å². The van der Waals surface area contributed by atoms with Gasteiger partial charge in [-0.3, -0.25) is 5.32 Å². The normalized spacial score (nSPS) is 18.4. The molecular weight excluding hydrogens is 294 g/mol. The molecule has 0 spiro atoms. The molecular formula is C13H19N3O4S. The summed E-state index contributed by atoms with van der Waals surface area (Å²) in [5.41, 5.74) is 0.559. The number of morpholine rings is 1. The van der Waals surface area contributed by atoms with Gasteiger partial charge in [0.15, 0.2) is 5.13 Å². The molecule has 0 saturated carbocycles. The summed E-state index contributed by atoms with van der Waals surface area (Å²) in [7, 11) is 0. The lowest BCUT2D eigenvalue weighted by Crippen LogP contribution is -2.48. The number of carbonyl (C=O) groups excluding carboxylic acids is 2. The van der Waals surface area contributed by atoms with Crippen LogP contribution < -0.4 is 5.32 Å². The van der Waals surface area contributed by atoms with Crippen molar-refractivity contribution in [3.8, 4) is 0 Å². The van der Waals surface area contributed by atoms with Crippen molar-refractivity contribution in [1.29, 1.82) is 0 Å². The molecule has 1 unspecified atom stereocenters. The van der Waals surface area contributed by atoms with Gasteiger partial charge in [-0.05, 0) is 20.8 Å². The fourth-order valence-corrected chi connectivity index (χ4v) is 2.88. The summed E-state index contributed by atoms with van der Waals surface area (Å²) in [5.74, 6) is -0.410. The van der Waals surface area contributed by atoms with Crippen LogP contribution >= 0.6 is 11.3 Å². The summed E-state index contributed by atoms with van der Waals surface area (Å²) in [5, 5.41) is 3.13. The Hall–Kier alpha value is -1.67. The first kappa shape index (κ1) is 15.7. The minimum Gasteiger partial charge on any atom is -0.462 e. The second-order valence-electron chi connectivity index (χ2n) is 4.70. The van der Waals surface area contributed by atoms with E-state index in [0.717, 1.165) is 11.3 Å². The third-order valence-corrected chi connectivity index (χ3v) is 4.15. The highest BCUT2D eigenvalue weighted by atomic mass is 32.1. The van der Waals surface area contributed by atoms with Crippen molar-refractivity contribution < 1.29 is 19.1 Å². The number of aryl methyl sites for hydroxylation is 1. The first-order valence-corrected chi connectivity index (χ1v) is 7.64. The van der Waals surface area contributed by atoms with Crippen molar-refractivity contribution in [3.05, 3.63) is 10.6 Å². The molecule has 8 heteroatoms. The minimum atomic E-state index is -0.410. The summed E-state index contributed by atoms with van der Waals surface area (Å²) in [4.78, 5) is 30.2. The number of anilines is 1. The molecule has 1 N–H and O–H groups in total. The first-order chi connectivity index (χ1) is 10.0. The molecule has 1 saturated heterocycles. The van der Waals surface area contributed by atoms with Gasteiger partial charge < -0.3 is 14.4 Å². The molecule has 2 rings (SSSR count). The Morgan fingerprint density at radius 1 is 1.57 bits per heavy atom. The lowest BCUT2D eigenvalue weighted by molar-refractivity contribution is 0.0221. The van der Waals surface area contributed by atoms with Crippen molar-refractivity contribution in [2.24, 2.45) is 0 Å². The number of esters is 1. The van der Waals surface area contributed by atoms with Crippen LogP contribution in [0.2, 0.25) is 0 Å². The van der Waals surface area contributed by atoms with Crippen LogP contribution in [0.15, 0.2) is 0 Å². The predicted molar refractivity (Wildman–Crippen MR) is 78.8 cm³/mol. The molecule has 116 valence electrons. The molecule has 1 aromatic rings. The van der Waals surface area contributed by atoms with Gasteiger partial charge in [0, 0.05) is 6.54 Å². The Labute approximate surface area is 127 Å². The summed E-state index contributed by atoms with van der Waals surface area (Å²) in [6.07, 6.45) is 0. The molecule has 1 fully saturated rings. The van der Waals surface area contributed by atoms with E-state index in [-0.39, 0.29) is 12.1 Å². The molecule has 0 radical (unpaired) electrons. The predicted octanol–water partition coefficient (Wildman–Crippen LogP) is 1.88. The van der Waals surface area contributed by atoms with Crippen molar-refractivity contribution >= 4 is 28.5 Å². The molecule has 1 aromatic heterocycles. The zero-order valence-corrected chi connectivity index (χ0v) is 13.2. The quantitative estimate of drug-likeness (QED) is 0.862. The van der Waals surface area contributed by atoms with Gasteiger partial charge in [-0.25, -0.2) is 14.6 Å². The zero-order chi connectivity index (χ0) is 15.4. The SMILES string of the molecule is CCOC(=O)c1sc(NC(=O)N2CCOCC2C)nc1C. The van der Waals surface area contributed by atoms with Gasteiger partial charge >= 0.3 is 12.0 Å². The largest absolute Gasteiger partial charge is 0.462 e. The van der Waals surface area contributed by atoms with Crippen LogP contribution in [0.4, 0.5) is 9.93 Å². The topological polar surface area (TPSA) is 80.8 Å². The van der Waals surface area contributed by atoms with Crippen molar-refractivity contribution in [1.82, 2.24) is 9.88 Å². The summed E-state index contributed by atoms with van der Waals surface area (Å²) in [6.45, 7) is 7.30. The van der Waals surface area contributed by atoms with Crippen LogP contribution in [0, 0.1) is 6.92 Å². The van der Waals surface area contributed by atoms with E-state index in [9.17, 15) is 9.59 Å².